The fourth-order valence-corrected chi connectivity index (χ4v) is 2.61. The monoisotopic (exact) mass is 337 g/mol. The summed E-state index contributed by atoms with van der Waals surface area (Å²) in [5.41, 5.74) is 8.02. The molecule has 108 valence electrons. The molecule has 0 saturated carbocycles. The highest BCUT2D eigenvalue weighted by Crippen LogP contribution is 2.25. The summed E-state index contributed by atoms with van der Waals surface area (Å²) in [4.78, 5) is 6.83. The van der Waals surface area contributed by atoms with E-state index in [2.05, 4.69) is 32.7 Å². The molecule has 0 spiro atoms. The maximum absolute atomic E-state index is 5.94. The third kappa shape index (κ3) is 3.69. The van der Waals surface area contributed by atoms with Gasteiger partial charge in [-0.15, -0.1) is 0 Å². The molecule has 2 rings (SSSR count). The zero-order chi connectivity index (χ0) is 14.5. The second-order valence-electron chi connectivity index (χ2n) is 4.73. The second-order valence-corrected chi connectivity index (χ2v) is 5.51. The van der Waals surface area contributed by atoms with Crippen LogP contribution >= 0.6 is 15.9 Å². The smallest absolute Gasteiger partial charge is 0.169 e. The van der Waals surface area contributed by atoms with E-state index in [1.54, 1.807) is 0 Å². The topological polar surface area (TPSA) is 55.3 Å². The lowest BCUT2D eigenvalue weighted by Crippen LogP contribution is -2.33. The molecular formula is C15H20BrN3O. The van der Waals surface area contributed by atoms with Gasteiger partial charge in [-0.1, -0.05) is 13.0 Å². The first-order chi connectivity index (χ1) is 9.63. The van der Waals surface area contributed by atoms with Crippen LogP contribution in [0.2, 0.25) is 0 Å². The van der Waals surface area contributed by atoms with Gasteiger partial charge in [0.1, 0.15) is 5.76 Å². The van der Waals surface area contributed by atoms with Gasteiger partial charge in [-0.3, -0.25) is 9.88 Å². The van der Waals surface area contributed by atoms with Crippen molar-refractivity contribution in [3.8, 4) is 0 Å². The molecule has 2 heterocycles. The van der Waals surface area contributed by atoms with Crippen molar-refractivity contribution in [2.75, 3.05) is 13.1 Å². The Balaban J connectivity index is 2.17. The van der Waals surface area contributed by atoms with Crippen molar-refractivity contribution < 1.29 is 4.42 Å². The van der Waals surface area contributed by atoms with Crippen LogP contribution in [0, 0.1) is 6.92 Å². The molecule has 0 bridgehead atoms. The fraction of sp³-hybridized carbons (Fsp3) is 0.400. The molecule has 1 unspecified atom stereocenters. The number of pyridine rings is 1. The Morgan fingerprint density at radius 3 is 2.70 bits per heavy atom. The van der Waals surface area contributed by atoms with Gasteiger partial charge in [0.2, 0.25) is 0 Å². The minimum absolute atomic E-state index is 0.0635. The third-order valence-corrected chi connectivity index (χ3v) is 3.73. The minimum atomic E-state index is 0.0635. The van der Waals surface area contributed by atoms with E-state index in [0.717, 1.165) is 34.9 Å². The van der Waals surface area contributed by atoms with Crippen molar-refractivity contribution in [1.82, 2.24) is 9.88 Å². The first kappa shape index (κ1) is 15.2. The Morgan fingerprint density at radius 1 is 1.35 bits per heavy atom. The summed E-state index contributed by atoms with van der Waals surface area (Å²) in [5.74, 6) is 0.883. The highest BCUT2D eigenvalue weighted by molar-refractivity contribution is 9.10. The molecule has 2 aromatic rings. The molecule has 0 aliphatic rings. The molecule has 1 atom stereocenters. The predicted molar refractivity (Wildman–Crippen MR) is 83.3 cm³/mol. The summed E-state index contributed by atoms with van der Waals surface area (Å²) in [6.45, 7) is 6.29. The first-order valence-electron chi connectivity index (χ1n) is 6.76. The van der Waals surface area contributed by atoms with Crippen LogP contribution in [-0.4, -0.2) is 23.0 Å². The summed E-state index contributed by atoms with van der Waals surface area (Å²) in [5, 5.41) is 0. The standard InChI is InChI=1S/C15H20BrN3O/c1-3-19(10-12-6-4-5-11(2)18-12)13(9-17)14-7-8-15(16)20-14/h4-8,13H,3,9-10,17H2,1-2H3. The van der Waals surface area contributed by atoms with Crippen molar-refractivity contribution >= 4 is 15.9 Å². The summed E-state index contributed by atoms with van der Waals surface area (Å²) >= 11 is 3.34. The molecule has 0 aromatic carbocycles. The SMILES string of the molecule is CCN(Cc1cccc(C)n1)C(CN)c1ccc(Br)o1. The van der Waals surface area contributed by atoms with E-state index in [1.807, 2.05) is 37.3 Å². The molecular weight excluding hydrogens is 318 g/mol. The Hall–Kier alpha value is -1.17. The van der Waals surface area contributed by atoms with Crippen LogP contribution in [-0.2, 0) is 6.54 Å². The van der Waals surface area contributed by atoms with Crippen LogP contribution in [0.4, 0.5) is 0 Å². The maximum atomic E-state index is 5.94. The summed E-state index contributed by atoms with van der Waals surface area (Å²) in [6, 6.07) is 10.0. The molecule has 0 aliphatic heterocycles. The Labute approximate surface area is 128 Å². The molecule has 0 saturated heterocycles. The Bertz CT molecular complexity index is 556. The highest BCUT2D eigenvalue weighted by atomic mass is 79.9. The van der Waals surface area contributed by atoms with E-state index < -0.39 is 0 Å². The number of hydrogen-bond donors (Lipinski definition) is 1. The van der Waals surface area contributed by atoms with Gasteiger partial charge in [0.15, 0.2) is 4.67 Å². The van der Waals surface area contributed by atoms with Crippen LogP contribution in [0.15, 0.2) is 39.4 Å². The van der Waals surface area contributed by atoms with E-state index in [9.17, 15) is 0 Å². The number of nitrogens with zero attached hydrogens (tertiary/aromatic N) is 2. The molecule has 2 N–H and O–H groups in total. The highest BCUT2D eigenvalue weighted by Gasteiger charge is 2.21. The van der Waals surface area contributed by atoms with Crippen molar-refractivity contribution in [1.29, 1.82) is 0 Å². The number of furan rings is 1. The zero-order valence-electron chi connectivity index (χ0n) is 11.8. The van der Waals surface area contributed by atoms with Crippen LogP contribution in [0.3, 0.4) is 0 Å². The van der Waals surface area contributed by atoms with Crippen LogP contribution < -0.4 is 5.73 Å². The predicted octanol–water partition coefficient (Wildman–Crippen LogP) is 3.27. The van der Waals surface area contributed by atoms with E-state index in [4.69, 9.17) is 10.2 Å². The van der Waals surface area contributed by atoms with Crippen molar-refractivity contribution in [2.24, 2.45) is 5.73 Å². The molecule has 0 fully saturated rings. The van der Waals surface area contributed by atoms with Crippen molar-refractivity contribution in [3.63, 3.8) is 0 Å². The number of aryl methyl sites for hydroxylation is 1. The van der Waals surface area contributed by atoms with E-state index >= 15 is 0 Å². The van der Waals surface area contributed by atoms with Crippen molar-refractivity contribution in [3.05, 3.63) is 52.1 Å². The van der Waals surface area contributed by atoms with E-state index in [1.165, 1.54) is 0 Å². The Kier molecular flexibility index (Phi) is 5.34. The molecule has 0 amide bonds. The summed E-state index contributed by atoms with van der Waals surface area (Å²) in [7, 11) is 0. The van der Waals surface area contributed by atoms with Gasteiger partial charge in [0.05, 0.1) is 11.7 Å². The second kappa shape index (κ2) is 7.02. The average molecular weight is 338 g/mol. The minimum Gasteiger partial charge on any atom is -0.453 e. The average Bonchev–Trinajstić information content (AvgIpc) is 2.85. The zero-order valence-corrected chi connectivity index (χ0v) is 13.4. The van der Waals surface area contributed by atoms with E-state index in [-0.39, 0.29) is 6.04 Å². The lowest BCUT2D eigenvalue weighted by Gasteiger charge is -2.28. The number of hydrogen-bond acceptors (Lipinski definition) is 4. The van der Waals surface area contributed by atoms with Crippen LogP contribution in [0.1, 0.15) is 30.1 Å². The van der Waals surface area contributed by atoms with Gasteiger partial charge in [-0.2, -0.15) is 0 Å². The van der Waals surface area contributed by atoms with Gasteiger partial charge >= 0.3 is 0 Å². The Morgan fingerprint density at radius 2 is 2.15 bits per heavy atom. The van der Waals surface area contributed by atoms with E-state index in [0.29, 0.717) is 6.54 Å². The number of likely N-dealkylation sites (N-methyl/N-ethyl adjacent to an activating group) is 1. The molecule has 4 nitrogen and oxygen atoms in total. The quantitative estimate of drug-likeness (QED) is 0.878. The van der Waals surface area contributed by atoms with Crippen molar-refractivity contribution in [2.45, 2.75) is 26.4 Å². The normalized spacial score (nSPS) is 12.8. The lowest BCUT2D eigenvalue weighted by atomic mass is 10.1. The fourth-order valence-electron chi connectivity index (χ4n) is 2.29. The summed E-state index contributed by atoms with van der Waals surface area (Å²) in [6.07, 6.45) is 0. The van der Waals surface area contributed by atoms with Crippen LogP contribution in [0.5, 0.6) is 0 Å². The van der Waals surface area contributed by atoms with Gasteiger partial charge in [-0.05, 0) is 53.7 Å². The largest absolute Gasteiger partial charge is 0.453 e. The molecule has 2 aromatic heterocycles. The van der Waals surface area contributed by atoms with Gasteiger partial charge in [0.25, 0.3) is 0 Å². The summed E-state index contributed by atoms with van der Waals surface area (Å²) < 4.78 is 6.39. The number of aromatic nitrogens is 1. The third-order valence-electron chi connectivity index (χ3n) is 3.30. The lowest BCUT2D eigenvalue weighted by molar-refractivity contribution is 0.176. The van der Waals surface area contributed by atoms with Gasteiger partial charge < -0.3 is 10.2 Å². The molecule has 0 radical (unpaired) electrons. The van der Waals surface area contributed by atoms with Crippen LogP contribution in [0.25, 0.3) is 0 Å². The number of rotatable bonds is 6. The maximum Gasteiger partial charge on any atom is 0.169 e. The van der Waals surface area contributed by atoms with Gasteiger partial charge in [0, 0.05) is 18.8 Å². The number of halogens is 1. The number of nitrogens with two attached hydrogens (primary N) is 1. The molecule has 5 heteroatoms. The molecule has 20 heavy (non-hydrogen) atoms. The first-order valence-corrected chi connectivity index (χ1v) is 7.55. The van der Waals surface area contributed by atoms with Gasteiger partial charge in [-0.25, -0.2) is 0 Å². The molecule has 0 aliphatic carbocycles.